The average Bonchev–Trinajstić information content (AvgIpc) is 3.53. The number of hydrogen-bond acceptors (Lipinski definition) is 4. The summed E-state index contributed by atoms with van der Waals surface area (Å²) in [6, 6.07) is 12.9. The highest BCUT2D eigenvalue weighted by atomic mass is 32.1. The van der Waals surface area contributed by atoms with E-state index in [1.807, 2.05) is 10.8 Å². The molecule has 4 aromatic heterocycles. The Labute approximate surface area is 204 Å². The number of halogens is 6. The van der Waals surface area contributed by atoms with Gasteiger partial charge in [-0.1, -0.05) is 0 Å². The Morgan fingerprint density at radius 1 is 0.500 bits per heavy atom. The summed E-state index contributed by atoms with van der Waals surface area (Å²) in [5.41, 5.74) is -3.28. The lowest BCUT2D eigenvalue weighted by Crippen LogP contribution is -2.19. The van der Waals surface area contributed by atoms with Gasteiger partial charge in [-0.2, -0.15) is 26.3 Å². The summed E-state index contributed by atoms with van der Waals surface area (Å²) in [5, 5.41) is 6.15. The molecule has 0 spiro atoms. The number of thiophene rings is 4. The van der Waals surface area contributed by atoms with Gasteiger partial charge in [0.2, 0.25) is 0 Å². The Kier molecular flexibility index (Phi) is 4.90. The van der Waals surface area contributed by atoms with E-state index in [1.165, 1.54) is 34.8 Å². The van der Waals surface area contributed by atoms with Gasteiger partial charge in [0, 0.05) is 50.1 Å². The first kappa shape index (κ1) is 22.1. The fourth-order valence-electron chi connectivity index (χ4n) is 4.18. The highest BCUT2D eigenvalue weighted by Gasteiger charge is 2.48. The van der Waals surface area contributed by atoms with E-state index in [2.05, 4.69) is 0 Å². The van der Waals surface area contributed by atoms with Crippen LogP contribution in [0, 0.1) is 0 Å². The topological polar surface area (TPSA) is 0 Å². The van der Waals surface area contributed by atoms with E-state index < -0.39 is 33.3 Å². The van der Waals surface area contributed by atoms with E-state index in [4.69, 9.17) is 0 Å². The number of fused-ring (bicyclic) bond motifs is 6. The Hall–Kier alpha value is -2.40. The Morgan fingerprint density at radius 2 is 0.882 bits per heavy atom. The minimum Gasteiger partial charge on any atom is -0.166 e. The van der Waals surface area contributed by atoms with Crippen molar-refractivity contribution >= 4 is 96.8 Å². The molecule has 4 heterocycles. The number of alkyl halides is 6. The molecule has 2 aromatic carbocycles. The third-order valence-corrected chi connectivity index (χ3v) is 9.57. The molecule has 0 aliphatic rings. The van der Waals surface area contributed by atoms with E-state index in [-0.39, 0.29) is 0 Å². The van der Waals surface area contributed by atoms with Gasteiger partial charge in [0.05, 0.1) is 11.1 Å². The van der Waals surface area contributed by atoms with E-state index >= 15 is 0 Å². The molecular weight excluding hydrogens is 531 g/mol. The van der Waals surface area contributed by atoms with Crippen LogP contribution in [0.2, 0.25) is 0 Å². The fourth-order valence-corrected chi connectivity index (χ4v) is 8.08. The number of allylic oxidation sites excluding steroid dienone is 2. The zero-order valence-electron chi connectivity index (χ0n) is 16.7. The molecule has 10 heteroatoms. The molecule has 0 saturated heterocycles. The summed E-state index contributed by atoms with van der Waals surface area (Å²) in [6.45, 7) is 0. The van der Waals surface area contributed by atoms with E-state index in [9.17, 15) is 26.3 Å². The molecule has 0 atom stereocenters. The normalized spacial score (nSPS) is 14.1. The van der Waals surface area contributed by atoms with E-state index in [0.29, 0.717) is 20.2 Å². The smallest absolute Gasteiger partial charge is 0.166 e. The van der Waals surface area contributed by atoms with Gasteiger partial charge in [0.15, 0.2) is 0 Å². The van der Waals surface area contributed by atoms with Crippen molar-refractivity contribution in [2.45, 2.75) is 12.4 Å². The van der Waals surface area contributed by atoms with Crippen LogP contribution in [0.5, 0.6) is 0 Å². The zero-order valence-corrected chi connectivity index (χ0v) is 19.9. The van der Waals surface area contributed by atoms with Crippen LogP contribution in [-0.2, 0) is 0 Å². The van der Waals surface area contributed by atoms with Crippen LogP contribution >= 0.6 is 45.3 Å². The Bertz CT molecular complexity index is 1610. The maximum Gasteiger partial charge on any atom is 0.418 e. The van der Waals surface area contributed by atoms with Crippen LogP contribution in [-0.4, -0.2) is 12.4 Å². The summed E-state index contributed by atoms with van der Waals surface area (Å²) >= 11 is 4.33. The molecule has 0 amide bonds. The van der Waals surface area contributed by atoms with Crippen molar-refractivity contribution in [2.24, 2.45) is 0 Å². The Balaban J connectivity index is 1.68. The first-order valence-corrected chi connectivity index (χ1v) is 13.2. The predicted molar refractivity (Wildman–Crippen MR) is 133 cm³/mol. The summed E-state index contributed by atoms with van der Waals surface area (Å²) < 4.78 is 89.0. The van der Waals surface area contributed by atoms with Crippen molar-refractivity contribution in [3.63, 3.8) is 0 Å². The van der Waals surface area contributed by atoms with Gasteiger partial charge in [-0.05, 0) is 59.3 Å². The first-order valence-electron chi connectivity index (χ1n) is 9.80. The molecule has 0 radical (unpaired) electrons. The lowest BCUT2D eigenvalue weighted by Gasteiger charge is -2.18. The molecular formula is C24H10F6S4. The van der Waals surface area contributed by atoms with Gasteiger partial charge < -0.3 is 0 Å². The van der Waals surface area contributed by atoms with Crippen molar-refractivity contribution in [3.05, 3.63) is 69.0 Å². The second-order valence-electron chi connectivity index (χ2n) is 7.59. The summed E-state index contributed by atoms with van der Waals surface area (Å²) in [5.74, 6) is 0. The van der Waals surface area contributed by atoms with Crippen LogP contribution < -0.4 is 0 Å². The van der Waals surface area contributed by atoms with Gasteiger partial charge in [0.1, 0.15) is 0 Å². The van der Waals surface area contributed by atoms with Crippen molar-refractivity contribution < 1.29 is 26.3 Å². The highest BCUT2D eigenvalue weighted by Crippen LogP contribution is 2.52. The molecule has 34 heavy (non-hydrogen) atoms. The van der Waals surface area contributed by atoms with Crippen LogP contribution in [0.4, 0.5) is 26.3 Å². The molecule has 0 aliphatic carbocycles. The van der Waals surface area contributed by atoms with Crippen molar-refractivity contribution in [1.82, 2.24) is 0 Å². The molecule has 0 saturated carbocycles. The third kappa shape index (κ3) is 3.46. The number of hydrogen-bond donors (Lipinski definition) is 0. The molecule has 0 aliphatic heterocycles. The van der Waals surface area contributed by atoms with E-state index in [1.54, 1.807) is 36.4 Å². The summed E-state index contributed by atoms with van der Waals surface area (Å²) in [6.07, 6.45) is -10.4. The molecule has 0 unspecified atom stereocenters. The largest absolute Gasteiger partial charge is 0.418 e. The average molecular weight is 541 g/mol. The summed E-state index contributed by atoms with van der Waals surface area (Å²) in [7, 11) is 0. The Morgan fingerprint density at radius 3 is 1.26 bits per heavy atom. The first-order chi connectivity index (χ1) is 16.1. The van der Waals surface area contributed by atoms with Crippen LogP contribution in [0.3, 0.4) is 0 Å². The maximum absolute atomic E-state index is 14.4. The zero-order chi connectivity index (χ0) is 23.8. The van der Waals surface area contributed by atoms with Crippen molar-refractivity contribution in [2.75, 3.05) is 0 Å². The SMILES string of the molecule is FC(F)(F)/C(=C(/c1cc2c(ccc3sccc32)s1)C(F)(F)F)c1cc2c(ccc3sccc32)s1. The minimum absolute atomic E-state index is 0.438. The molecule has 0 N–H and O–H groups in total. The number of benzene rings is 2. The van der Waals surface area contributed by atoms with Crippen LogP contribution in [0.25, 0.3) is 51.5 Å². The van der Waals surface area contributed by atoms with Crippen LogP contribution in [0.1, 0.15) is 9.75 Å². The third-order valence-electron chi connectivity index (χ3n) is 5.57. The second-order valence-corrected chi connectivity index (χ2v) is 11.6. The fraction of sp³-hybridized carbons (Fsp3) is 0.0833. The lowest BCUT2D eigenvalue weighted by molar-refractivity contribution is -0.0825. The van der Waals surface area contributed by atoms with Gasteiger partial charge in [-0.25, -0.2) is 0 Å². The lowest BCUT2D eigenvalue weighted by atomic mass is 10.0. The van der Waals surface area contributed by atoms with Crippen LogP contribution in [0.15, 0.2) is 59.3 Å². The number of rotatable bonds is 2. The van der Waals surface area contributed by atoms with E-state index in [0.717, 1.165) is 42.8 Å². The molecule has 0 bridgehead atoms. The van der Waals surface area contributed by atoms with Gasteiger partial charge >= 0.3 is 12.4 Å². The molecule has 0 fully saturated rings. The molecule has 6 rings (SSSR count). The second kappa shape index (κ2) is 7.55. The standard InChI is InChI=1S/C24H10F6S4/c25-23(26,27)21(19-9-13-11-5-7-31-15(11)1-3-17(13)33-19)22(24(28,29)30)20-10-14-12-6-8-32-16(12)2-4-18(14)34-20/h1-10H/b22-21-. The minimum atomic E-state index is -5.20. The predicted octanol–water partition coefficient (Wildman–Crippen LogP) is 10.6. The molecule has 172 valence electrons. The summed E-state index contributed by atoms with van der Waals surface area (Å²) in [4.78, 5) is -0.877. The van der Waals surface area contributed by atoms with Gasteiger partial charge in [0.25, 0.3) is 0 Å². The molecule has 0 nitrogen and oxygen atoms in total. The highest BCUT2D eigenvalue weighted by molar-refractivity contribution is 7.22. The maximum atomic E-state index is 14.4. The van der Waals surface area contributed by atoms with Gasteiger partial charge in [-0.3, -0.25) is 0 Å². The van der Waals surface area contributed by atoms with Gasteiger partial charge in [-0.15, -0.1) is 45.3 Å². The van der Waals surface area contributed by atoms with Crippen molar-refractivity contribution in [3.8, 4) is 0 Å². The monoisotopic (exact) mass is 540 g/mol. The van der Waals surface area contributed by atoms with Crippen molar-refractivity contribution in [1.29, 1.82) is 0 Å². The quantitative estimate of drug-likeness (QED) is 0.192. The molecule has 6 aromatic rings.